The second-order valence-corrected chi connectivity index (χ2v) is 6.69. The number of rotatable bonds is 5. The van der Waals surface area contributed by atoms with Crippen molar-refractivity contribution in [3.8, 4) is 10.9 Å². The number of carbonyl (C=O) groups excluding carboxylic acids is 1. The topological polar surface area (TPSA) is 68.5 Å². The molecule has 0 aliphatic carbocycles. The van der Waals surface area contributed by atoms with Crippen LogP contribution in [0.15, 0.2) is 60.8 Å². The van der Waals surface area contributed by atoms with Gasteiger partial charge in [0, 0.05) is 12.1 Å². The number of imidazole rings is 1. The molecule has 2 aromatic heterocycles. The van der Waals surface area contributed by atoms with E-state index in [-0.39, 0.29) is 5.91 Å². The number of aromatic nitrogens is 3. The molecule has 0 spiro atoms. The van der Waals surface area contributed by atoms with E-state index < -0.39 is 0 Å². The number of fused-ring (bicyclic) bond motifs is 1. The van der Waals surface area contributed by atoms with Gasteiger partial charge in [0.1, 0.15) is 5.75 Å². The fourth-order valence-corrected chi connectivity index (χ4v) is 3.31. The third-order valence-corrected chi connectivity index (χ3v) is 4.54. The van der Waals surface area contributed by atoms with Gasteiger partial charge in [0.05, 0.1) is 11.9 Å². The Balaban J connectivity index is 1.45. The number of aryl methyl sites for hydroxylation is 1. The van der Waals surface area contributed by atoms with Crippen molar-refractivity contribution in [2.75, 3.05) is 0 Å². The van der Waals surface area contributed by atoms with Gasteiger partial charge in [0.2, 0.25) is 4.96 Å². The van der Waals surface area contributed by atoms with Gasteiger partial charge in [-0.15, -0.1) is 5.10 Å². The van der Waals surface area contributed by atoms with Crippen molar-refractivity contribution in [3.63, 3.8) is 0 Å². The molecular weight excluding hydrogens is 348 g/mol. The molecule has 2 aromatic carbocycles. The van der Waals surface area contributed by atoms with Gasteiger partial charge >= 0.3 is 0 Å². The Hall–Kier alpha value is -3.19. The average Bonchev–Trinajstić information content (AvgIpc) is 3.17. The van der Waals surface area contributed by atoms with Crippen molar-refractivity contribution in [1.82, 2.24) is 19.9 Å². The number of amides is 1. The molecule has 2 heterocycles. The van der Waals surface area contributed by atoms with Crippen LogP contribution in [0.1, 0.15) is 21.6 Å². The summed E-state index contributed by atoms with van der Waals surface area (Å²) in [7, 11) is 0. The summed E-state index contributed by atoms with van der Waals surface area (Å²) in [6.45, 7) is 2.40. The third-order valence-electron chi connectivity index (χ3n) is 3.74. The highest BCUT2D eigenvalue weighted by Gasteiger charge is 2.10. The lowest BCUT2D eigenvalue weighted by molar-refractivity contribution is 0.0950. The highest BCUT2D eigenvalue weighted by molar-refractivity contribution is 7.18. The van der Waals surface area contributed by atoms with Crippen molar-refractivity contribution >= 4 is 22.2 Å². The van der Waals surface area contributed by atoms with Gasteiger partial charge in [-0.2, -0.15) is 0 Å². The molecule has 6 nitrogen and oxygen atoms in total. The van der Waals surface area contributed by atoms with E-state index in [1.165, 1.54) is 11.3 Å². The summed E-state index contributed by atoms with van der Waals surface area (Å²) < 4.78 is 7.47. The summed E-state index contributed by atoms with van der Waals surface area (Å²) in [5.41, 5.74) is 2.50. The lowest BCUT2D eigenvalue weighted by Gasteiger charge is -2.07. The van der Waals surface area contributed by atoms with Crippen LogP contribution in [0.25, 0.3) is 4.96 Å². The smallest absolute Gasteiger partial charge is 0.299 e. The van der Waals surface area contributed by atoms with Crippen LogP contribution in [-0.2, 0) is 6.54 Å². The first-order valence-corrected chi connectivity index (χ1v) is 8.92. The van der Waals surface area contributed by atoms with Crippen molar-refractivity contribution in [1.29, 1.82) is 0 Å². The van der Waals surface area contributed by atoms with E-state index in [1.54, 1.807) is 28.8 Å². The summed E-state index contributed by atoms with van der Waals surface area (Å²) >= 11 is 1.35. The summed E-state index contributed by atoms with van der Waals surface area (Å²) in [6, 6.07) is 16.8. The predicted octanol–water partition coefficient (Wildman–Crippen LogP) is 3.82. The average molecular weight is 364 g/mol. The number of ether oxygens (including phenoxy) is 1. The Bertz CT molecular complexity index is 1020. The SMILES string of the molecule is Cc1cn2nc(Oc3cccc(C(=O)NCc4ccccc4)c3)sc2n1. The summed E-state index contributed by atoms with van der Waals surface area (Å²) in [6.07, 6.45) is 1.84. The maximum absolute atomic E-state index is 12.4. The fraction of sp³-hybridized carbons (Fsp3) is 0.105. The number of nitrogens with one attached hydrogen (secondary N) is 1. The molecule has 0 saturated carbocycles. The number of benzene rings is 2. The van der Waals surface area contributed by atoms with E-state index in [2.05, 4.69) is 15.4 Å². The Labute approximate surface area is 154 Å². The van der Waals surface area contributed by atoms with E-state index in [0.717, 1.165) is 16.2 Å². The van der Waals surface area contributed by atoms with Gasteiger partial charge in [0.15, 0.2) is 0 Å². The second kappa shape index (κ2) is 6.97. The first kappa shape index (κ1) is 16.3. The van der Waals surface area contributed by atoms with E-state index in [1.807, 2.05) is 43.5 Å². The van der Waals surface area contributed by atoms with Gasteiger partial charge in [-0.05, 0) is 42.0 Å². The number of hydrogen-bond donors (Lipinski definition) is 1. The third kappa shape index (κ3) is 3.57. The molecule has 7 heteroatoms. The molecule has 0 aliphatic rings. The van der Waals surface area contributed by atoms with E-state index in [4.69, 9.17) is 4.74 Å². The molecule has 0 fully saturated rings. The summed E-state index contributed by atoms with van der Waals surface area (Å²) in [5, 5.41) is 7.72. The zero-order valence-corrected chi connectivity index (χ0v) is 14.9. The molecule has 0 unspecified atom stereocenters. The molecule has 0 atom stereocenters. The molecule has 4 rings (SSSR count). The first-order valence-electron chi connectivity index (χ1n) is 8.10. The van der Waals surface area contributed by atoms with Crippen LogP contribution in [0, 0.1) is 6.92 Å². The minimum absolute atomic E-state index is 0.149. The number of nitrogens with zero attached hydrogens (tertiary/aromatic N) is 3. The van der Waals surface area contributed by atoms with Gasteiger partial charge in [-0.1, -0.05) is 36.4 Å². The van der Waals surface area contributed by atoms with E-state index in [0.29, 0.717) is 23.1 Å². The van der Waals surface area contributed by atoms with Gasteiger partial charge in [-0.25, -0.2) is 9.50 Å². The minimum atomic E-state index is -0.149. The quantitative estimate of drug-likeness (QED) is 0.584. The standard InChI is InChI=1S/C19H16N4O2S/c1-13-12-23-18(21-13)26-19(22-23)25-16-9-5-8-15(10-16)17(24)20-11-14-6-3-2-4-7-14/h2-10,12H,11H2,1H3,(H,20,24). The molecule has 0 bridgehead atoms. The molecule has 26 heavy (non-hydrogen) atoms. The Morgan fingerprint density at radius 3 is 2.85 bits per heavy atom. The number of carbonyl (C=O) groups is 1. The minimum Gasteiger partial charge on any atom is -0.430 e. The summed E-state index contributed by atoms with van der Waals surface area (Å²) in [5.74, 6) is 0.412. The fourth-order valence-electron chi connectivity index (χ4n) is 2.51. The van der Waals surface area contributed by atoms with Crippen LogP contribution < -0.4 is 10.1 Å². The largest absolute Gasteiger partial charge is 0.430 e. The van der Waals surface area contributed by atoms with Gasteiger partial charge < -0.3 is 10.1 Å². The van der Waals surface area contributed by atoms with Crippen LogP contribution in [0.3, 0.4) is 0 Å². The van der Waals surface area contributed by atoms with Crippen LogP contribution in [-0.4, -0.2) is 20.5 Å². The normalized spacial score (nSPS) is 10.8. The molecular formula is C19H16N4O2S. The molecule has 1 amide bonds. The predicted molar refractivity (Wildman–Crippen MR) is 99.7 cm³/mol. The first-order chi connectivity index (χ1) is 12.7. The van der Waals surface area contributed by atoms with Crippen LogP contribution in [0.5, 0.6) is 10.9 Å². The van der Waals surface area contributed by atoms with Crippen LogP contribution >= 0.6 is 11.3 Å². The second-order valence-electron chi connectivity index (χ2n) is 5.78. The van der Waals surface area contributed by atoms with Crippen molar-refractivity contribution < 1.29 is 9.53 Å². The van der Waals surface area contributed by atoms with Crippen LogP contribution in [0.4, 0.5) is 0 Å². The molecule has 4 aromatic rings. The monoisotopic (exact) mass is 364 g/mol. The molecule has 0 aliphatic heterocycles. The van der Waals surface area contributed by atoms with Gasteiger partial charge in [0.25, 0.3) is 11.1 Å². The lowest BCUT2D eigenvalue weighted by atomic mass is 10.2. The maximum Gasteiger partial charge on any atom is 0.299 e. The Morgan fingerprint density at radius 1 is 1.19 bits per heavy atom. The highest BCUT2D eigenvalue weighted by Crippen LogP contribution is 2.27. The van der Waals surface area contributed by atoms with Crippen molar-refractivity contribution in [2.45, 2.75) is 13.5 Å². The molecule has 0 radical (unpaired) electrons. The highest BCUT2D eigenvalue weighted by atomic mass is 32.1. The van der Waals surface area contributed by atoms with Crippen LogP contribution in [0.2, 0.25) is 0 Å². The Morgan fingerprint density at radius 2 is 2.04 bits per heavy atom. The molecule has 0 saturated heterocycles. The molecule has 1 N–H and O–H groups in total. The van der Waals surface area contributed by atoms with Crippen molar-refractivity contribution in [3.05, 3.63) is 77.6 Å². The number of hydrogen-bond acceptors (Lipinski definition) is 5. The Kier molecular flexibility index (Phi) is 4.37. The lowest BCUT2D eigenvalue weighted by Crippen LogP contribution is -2.22. The zero-order valence-electron chi connectivity index (χ0n) is 14.0. The zero-order chi connectivity index (χ0) is 17.9. The van der Waals surface area contributed by atoms with Gasteiger partial charge in [-0.3, -0.25) is 4.79 Å². The van der Waals surface area contributed by atoms with Crippen molar-refractivity contribution in [2.24, 2.45) is 0 Å². The van der Waals surface area contributed by atoms with E-state index >= 15 is 0 Å². The maximum atomic E-state index is 12.4. The van der Waals surface area contributed by atoms with E-state index in [9.17, 15) is 4.79 Å². The summed E-state index contributed by atoms with van der Waals surface area (Å²) in [4.78, 5) is 17.5. The molecule has 130 valence electrons.